The predicted molar refractivity (Wildman–Crippen MR) is 85.1 cm³/mol. The van der Waals surface area contributed by atoms with Crippen LogP contribution in [0.15, 0.2) is 36.5 Å². The van der Waals surface area contributed by atoms with E-state index in [0.717, 1.165) is 38.1 Å². The lowest BCUT2D eigenvalue weighted by Gasteiger charge is -2.39. The van der Waals surface area contributed by atoms with Gasteiger partial charge in [-0.15, -0.1) is 0 Å². The summed E-state index contributed by atoms with van der Waals surface area (Å²) in [6.45, 7) is 4.36. The third-order valence-electron chi connectivity index (χ3n) is 4.38. The number of nitrogens with zero attached hydrogens (tertiary/aromatic N) is 3. The van der Waals surface area contributed by atoms with Gasteiger partial charge in [-0.05, 0) is 31.2 Å². The quantitative estimate of drug-likeness (QED) is 0.929. The molecule has 4 nitrogen and oxygen atoms in total. The third kappa shape index (κ3) is 3.40. The number of para-hydroxylation sites is 1. The van der Waals surface area contributed by atoms with E-state index < -0.39 is 0 Å². The van der Waals surface area contributed by atoms with Crippen LogP contribution in [0.25, 0.3) is 10.9 Å². The summed E-state index contributed by atoms with van der Waals surface area (Å²) in [5.74, 6) is 0. The van der Waals surface area contributed by atoms with Crippen molar-refractivity contribution in [3.05, 3.63) is 42.1 Å². The highest BCUT2D eigenvalue weighted by Gasteiger charge is 2.23. The van der Waals surface area contributed by atoms with Crippen molar-refractivity contribution in [1.29, 1.82) is 0 Å². The standard InChI is InChI=1S/C17H23N3O/c1-19-7-8-20(13-16(19)6-9-21)12-14-10-15-4-2-3-5-17(15)18-11-14/h2-5,10-11,16,21H,6-9,12-13H2,1H3/t16-/m1/s1. The monoisotopic (exact) mass is 285 g/mol. The van der Waals surface area contributed by atoms with Gasteiger partial charge in [-0.3, -0.25) is 9.88 Å². The number of hydrogen-bond donors (Lipinski definition) is 1. The Labute approximate surface area is 126 Å². The van der Waals surface area contributed by atoms with Gasteiger partial charge in [0.05, 0.1) is 5.52 Å². The average molecular weight is 285 g/mol. The maximum atomic E-state index is 9.18. The van der Waals surface area contributed by atoms with Crippen LogP contribution in [0.2, 0.25) is 0 Å². The third-order valence-corrected chi connectivity index (χ3v) is 4.38. The minimum Gasteiger partial charge on any atom is -0.396 e. The molecule has 0 saturated carbocycles. The molecular weight excluding hydrogens is 262 g/mol. The lowest BCUT2D eigenvalue weighted by Crippen LogP contribution is -2.51. The van der Waals surface area contributed by atoms with E-state index in [-0.39, 0.29) is 6.61 Å². The van der Waals surface area contributed by atoms with E-state index in [9.17, 15) is 5.11 Å². The van der Waals surface area contributed by atoms with Gasteiger partial charge in [0.15, 0.2) is 0 Å². The first-order chi connectivity index (χ1) is 10.3. The molecular formula is C17H23N3O. The van der Waals surface area contributed by atoms with Gasteiger partial charge in [-0.1, -0.05) is 18.2 Å². The Bertz CT molecular complexity index is 601. The molecule has 1 saturated heterocycles. The van der Waals surface area contributed by atoms with Gasteiger partial charge in [0.1, 0.15) is 0 Å². The van der Waals surface area contributed by atoms with E-state index in [1.807, 2.05) is 18.3 Å². The molecule has 2 heterocycles. The van der Waals surface area contributed by atoms with E-state index >= 15 is 0 Å². The van der Waals surface area contributed by atoms with Gasteiger partial charge in [0.25, 0.3) is 0 Å². The van der Waals surface area contributed by atoms with Gasteiger partial charge in [-0.25, -0.2) is 0 Å². The van der Waals surface area contributed by atoms with Crippen LogP contribution in [0, 0.1) is 0 Å². The van der Waals surface area contributed by atoms with Crippen molar-refractivity contribution in [3.63, 3.8) is 0 Å². The Kier molecular flexibility index (Phi) is 4.48. The average Bonchev–Trinajstić information content (AvgIpc) is 2.51. The van der Waals surface area contributed by atoms with Crippen molar-refractivity contribution < 1.29 is 5.11 Å². The maximum absolute atomic E-state index is 9.18. The van der Waals surface area contributed by atoms with E-state index in [2.05, 4.69) is 40.0 Å². The van der Waals surface area contributed by atoms with E-state index in [1.54, 1.807) is 0 Å². The molecule has 0 unspecified atom stereocenters. The van der Waals surface area contributed by atoms with Crippen LogP contribution in [-0.2, 0) is 6.54 Å². The van der Waals surface area contributed by atoms with Crippen LogP contribution in [0.3, 0.4) is 0 Å². The Morgan fingerprint density at radius 2 is 2.14 bits per heavy atom. The number of likely N-dealkylation sites (N-methyl/N-ethyl adjacent to an activating group) is 1. The lowest BCUT2D eigenvalue weighted by atomic mass is 10.1. The van der Waals surface area contributed by atoms with Gasteiger partial charge in [-0.2, -0.15) is 0 Å². The van der Waals surface area contributed by atoms with Crippen LogP contribution in [0.1, 0.15) is 12.0 Å². The molecule has 21 heavy (non-hydrogen) atoms. The highest BCUT2D eigenvalue weighted by Crippen LogP contribution is 2.17. The molecule has 0 bridgehead atoms. The molecule has 4 heteroatoms. The second kappa shape index (κ2) is 6.52. The smallest absolute Gasteiger partial charge is 0.0702 e. The van der Waals surface area contributed by atoms with Gasteiger partial charge < -0.3 is 10.0 Å². The topological polar surface area (TPSA) is 39.6 Å². The minimum atomic E-state index is 0.264. The largest absolute Gasteiger partial charge is 0.396 e. The first kappa shape index (κ1) is 14.4. The van der Waals surface area contributed by atoms with Crippen LogP contribution in [0.4, 0.5) is 0 Å². The molecule has 1 fully saturated rings. The van der Waals surface area contributed by atoms with Gasteiger partial charge in [0.2, 0.25) is 0 Å². The second-order valence-electron chi connectivity index (χ2n) is 5.92. The summed E-state index contributed by atoms with van der Waals surface area (Å²) in [7, 11) is 2.15. The SMILES string of the molecule is CN1CCN(Cc2cnc3ccccc3c2)C[C@H]1CCO. The number of fused-ring (bicyclic) bond motifs is 1. The zero-order valence-corrected chi connectivity index (χ0v) is 12.6. The van der Waals surface area contributed by atoms with Crippen molar-refractivity contribution in [2.45, 2.75) is 19.0 Å². The molecule has 1 N–H and O–H groups in total. The Morgan fingerprint density at radius 1 is 1.29 bits per heavy atom. The molecule has 112 valence electrons. The summed E-state index contributed by atoms with van der Waals surface area (Å²) in [5.41, 5.74) is 2.32. The first-order valence-corrected chi connectivity index (χ1v) is 7.63. The van der Waals surface area contributed by atoms with Crippen molar-refractivity contribution in [2.75, 3.05) is 33.3 Å². The van der Waals surface area contributed by atoms with E-state index in [0.29, 0.717) is 6.04 Å². The fraction of sp³-hybridized carbons (Fsp3) is 0.471. The zero-order chi connectivity index (χ0) is 14.7. The maximum Gasteiger partial charge on any atom is 0.0702 e. The molecule has 1 atom stereocenters. The van der Waals surface area contributed by atoms with E-state index in [4.69, 9.17) is 0 Å². The highest BCUT2D eigenvalue weighted by molar-refractivity contribution is 5.78. The predicted octanol–water partition coefficient (Wildman–Crippen LogP) is 1.73. The Balaban J connectivity index is 1.70. The normalized spacial score (nSPS) is 21.0. The number of aliphatic hydroxyl groups excluding tert-OH is 1. The second-order valence-corrected chi connectivity index (χ2v) is 5.92. The summed E-state index contributed by atoms with van der Waals surface area (Å²) < 4.78 is 0. The number of aromatic nitrogens is 1. The molecule has 1 aliphatic heterocycles. The number of piperazine rings is 1. The van der Waals surface area contributed by atoms with Gasteiger partial charge in [0, 0.05) is 50.4 Å². The Morgan fingerprint density at radius 3 is 3.00 bits per heavy atom. The molecule has 3 rings (SSSR count). The molecule has 0 amide bonds. The van der Waals surface area contributed by atoms with Crippen LogP contribution < -0.4 is 0 Å². The summed E-state index contributed by atoms with van der Waals surface area (Å²) in [4.78, 5) is 9.36. The lowest BCUT2D eigenvalue weighted by molar-refractivity contribution is 0.0743. The van der Waals surface area contributed by atoms with Gasteiger partial charge >= 0.3 is 0 Å². The van der Waals surface area contributed by atoms with Crippen molar-refractivity contribution >= 4 is 10.9 Å². The number of benzene rings is 1. The first-order valence-electron chi connectivity index (χ1n) is 7.63. The zero-order valence-electron chi connectivity index (χ0n) is 12.6. The fourth-order valence-electron chi connectivity index (χ4n) is 3.08. The van der Waals surface area contributed by atoms with Crippen molar-refractivity contribution in [1.82, 2.24) is 14.8 Å². The fourth-order valence-corrected chi connectivity index (χ4v) is 3.08. The summed E-state index contributed by atoms with van der Waals surface area (Å²) in [6.07, 6.45) is 2.84. The molecule has 1 aliphatic rings. The molecule has 0 aliphatic carbocycles. The Hall–Kier alpha value is -1.49. The molecule has 2 aromatic rings. The summed E-state index contributed by atoms with van der Waals surface area (Å²) in [5, 5.41) is 10.4. The van der Waals surface area contributed by atoms with Crippen molar-refractivity contribution in [2.24, 2.45) is 0 Å². The number of aliphatic hydroxyl groups is 1. The highest BCUT2D eigenvalue weighted by atomic mass is 16.3. The number of hydrogen-bond acceptors (Lipinski definition) is 4. The van der Waals surface area contributed by atoms with E-state index in [1.165, 1.54) is 10.9 Å². The van der Waals surface area contributed by atoms with Crippen LogP contribution >= 0.6 is 0 Å². The van der Waals surface area contributed by atoms with Crippen LogP contribution in [-0.4, -0.2) is 59.2 Å². The molecule has 1 aromatic carbocycles. The molecule has 1 aromatic heterocycles. The minimum absolute atomic E-state index is 0.264. The summed E-state index contributed by atoms with van der Waals surface area (Å²) >= 11 is 0. The molecule has 0 radical (unpaired) electrons. The van der Waals surface area contributed by atoms with Crippen LogP contribution in [0.5, 0.6) is 0 Å². The summed E-state index contributed by atoms with van der Waals surface area (Å²) in [6, 6.07) is 10.9. The molecule has 0 spiro atoms. The number of rotatable bonds is 4. The van der Waals surface area contributed by atoms with Crippen molar-refractivity contribution in [3.8, 4) is 0 Å². The number of pyridine rings is 1.